The normalized spacial score (nSPS) is 15.3. The summed E-state index contributed by atoms with van der Waals surface area (Å²) in [5.74, 6) is -1.73. The number of amides is 2. The van der Waals surface area contributed by atoms with E-state index in [4.69, 9.17) is 10.1 Å². The Morgan fingerprint density at radius 3 is 2.08 bits per heavy atom. The minimum atomic E-state index is -5.10. The molecule has 99 heavy (non-hydrogen) atoms. The van der Waals surface area contributed by atoms with Crippen molar-refractivity contribution in [1.82, 2.24) is 25.8 Å². The van der Waals surface area contributed by atoms with E-state index in [1.807, 2.05) is 45.1 Å². The van der Waals surface area contributed by atoms with E-state index in [2.05, 4.69) is 25.4 Å². The number of carbonyl (C=O) groups excluding carboxylic acids is 4. The first kappa shape index (κ1) is 75.1. The van der Waals surface area contributed by atoms with E-state index in [1.54, 1.807) is 73.4 Å². The number of benzene rings is 5. The van der Waals surface area contributed by atoms with Gasteiger partial charge in [-0.3, -0.25) is 42.4 Å². The van der Waals surface area contributed by atoms with Crippen LogP contribution in [-0.4, -0.2) is 135 Å². The Morgan fingerprint density at radius 1 is 0.687 bits per heavy atom. The van der Waals surface area contributed by atoms with Gasteiger partial charge in [0.15, 0.2) is 11.5 Å². The summed E-state index contributed by atoms with van der Waals surface area (Å²) in [4.78, 5) is 56.7. The average molecular weight is 1470 g/mol. The lowest BCUT2D eigenvalue weighted by molar-refractivity contribution is -0.438. The maximum atomic E-state index is 13.7. The molecule has 2 amide bonds. The van der Waals surface area contributed by atoms with Gasteiger partial charge in [-0.1, -0.05) is 81.4 Å². The number of aromatic nitrogens is 3. The molecular weight excluding hydrogens is 1400 g/mol. The molecule has 2 aliphatic rings. The SMILES string of the molecule is CCCC[N+]1=C(/C=C/C(=C/C=C2/N(CCCS(=O)(=O)O)c3ccc4c(S(=O)(=O)O)cc(S(=O)(=O)O)cc4c3C2(C)C)c2ccc(C(=O)NCCCCCC(=O)NCc3cccc(C(=O)CCCC(=O)Cc4nnc(S(N)(=O)=O)s4)c3)cn2)C(C)(C)c2c1ccc1ccc(S(=O)(=O)O)cc21. The number of Topliss-reactive ketones (excluding diaryl/α,β-unsaturated/α-hetero) is 2. The molecule has 0 saturated carbocycles. The van der Waals surface area contributed by atoms with E-state index in [9.17, 15) is 79.5 Å². The monoisotopic (exact) mass is 1470 g/mol. The molecule has 5 aromatic carbocycles. The van der Waals surface area contributed by atoms with Crippen LogP contribution in [0.2, 0.25) is 0 Å². The van der Waals surface area contributed by atoms with Crippen LogP contribution in [-0.2, 0) is 83.9 Å². The number of primary sulfonamides is 1. The van der Waals surface area contributed by atoms with Gasteiger partial charge in [0.2, 0.25) is 15.9 Å². The molecule has 2 aromatic heterocycles. The van der Waals surface area contributed by atoms with Crippen molar-refractivity contribution < 1.29 is 84.1 Å². The Morgan fingerprint density at radius 2 is 1.41 bits per heavy atom. The Hall–Kier alpha value is -8.15. The number of hydrogen-bond acceptors (Lipinski definition) is 19. The molecule has 7 aromatic rings. The average Bonchev–Trinajstić information content (AvgIpc) is 1.59. The quantitative estimate of drug-likeness (QED) is 0.00699. The Kier molecular flexibility index (Phi) is 22.7. The molecule has 8 N–H and O–H groups in total. The number of rotatable bonds is 31. The van der Waals surface area contributed by atoms with Gasteiger partial charge in [0.05, 0.1) is 38.6 Å². The van der Waals surface area contributed by atoms with Gasteiger partial charge in [-0.25, -0.2) is 13.6 Å². The Labute approximate surface area is 578 Å². The highest BCUT2D eigenvalue weighted by Gasteiger charge is 2.46. The number of fused-ring (bicyclic) bond motifs is 6. The van der Waals surface area contributed by atoms with Crippen molar-refractivity contribution in [1.29, 1.82) is 0 Å². The van der Waals surface area contributed by atoms with Crippen LogP contribution in [0, 0.1) is 0 Å². The molecule has 0 fully saturated rings. The second kappa shape index (κ2) is 30.0. The van der Waals surface area contributed by atoms with Crippen LogP contribution < -0.4 is 20.7 Å². The van der Waals surface area contributed by atoms with Crippen LogP contribution in [0.25, 0.3) is 27.1 Å². The molecule has 26 nitrogen and oxygen atoms in total. The van der Waals surface area contributed by atoms with Gasteiger partial charge in [-0.2, -0.15) is 38.2 Å². The number of carbonyl (C=O) groups is 4. The van der Waals surface area contributed by atoms with Crippen molar-refractivity contribution >= 4 is 129 Å². The van der Waals surface area contributed by atoms with Crippen LogP contribution in [0.15, 0.2) is 146 Å². The van der Waals surface area contributed by atoms with Crippen molar-refractivity contribution in [2.24, 2.45) is 5.14 Å². The summed E-state index contributed by atoms with van der Waals surface area (Å²) in [5, 5.41) is 19.5. The number of hydrogen-bond donors (Lipinski definition) is 7. The maximum Gasteiger partial charge on any atom is 0.295 e. The summed E-state index contributed by atoms with van der Waals surface area (Å²) in [7, 11) is -23.3. The lowest BCUT2D eigenvalue weighted by atomic mass is 9.79. The van der Waals surface area contributed by atoms with Crippen LogP contribution in [0.4, 0.5) is 11.4 Å². The molecule has 32 heteroatoms. The number of pyridine rings is 1. The predicted octanol–water partition coefficient (Wildman–Crippen LogP) is 9.17. The highest BCUT2D eigenvalue weighted by molar-refractivity contribution is 7.91. The molecule has 0 aliphatic carbocycles. The second-order valence-corrected chi connectivity index (χ2v) is 33.8. The van der Waals surface area contributed by atoms with Crippen LogP contribution in [0.5, 0.6) is 0 Å². The molecule has 0 bridgehead atoms. The van der Waals surface area contributed by atoms with E-state index < -0.39 is 82.8 Å². The predicted molar refractivity (Wildman–Crippen MR) is 373 cm³/mol. The van der Waals surface area contributed by atoms with E-state index in [0.29, 0.717) is 87.9 Å². The standard InChI is InChI=1S/C67H74N8O18S6/c1-6-7-32-74-54-27-21-43-19-24-48(97(85,86)87)37-51(43)62(54)66(2,3)58(74)29-22-44(23-30-59-67(4,5)63-52-38-49(98(88,89)90)39-57(99(91,92)93)50(52)25-28-55(63)75(59)33-13-34-95(80,81)82)53-26-20-46(41-70-53)64(79)69-31-10-8-9-18-60(78)71-40-42-14-11-15-45(35-42)56(77)17-12-16-47(76)36-61-72-73-65(94-61)96(68,83)84/h11,14-15,19-30,35,37-39,41H,6-10,12-13,16-18,31-34,36,40H2,1-5H3,(H7-,68,69,71,78,79,80,81,82,83,84,85,86,87,88,89,90,91,92,93)/p+1. The zero-order chi connectivity index (χ0) is 72.2. The number of unbranched alkanes of at least 4 members (excludes halogenated alkanes) is 3. The fourth-order valence-electron chi connectivity index (χ4n) is 12.5. The topological polar surface area (TPSA) is 415 Å². The van der Waals surface area contributed by atoms with Crippen molar-refractivity contribution in [2.75, 3.05) is 30.3 Å². The zero-order valence-corrected chi connectivity index (χ0v) is 59.5. The summed E-state index contributed by atoms with van der Waals surface area (Å²) in [6.07, 6.45) is 12.2. The molecular formula is C67H75N8O18S6+. The molecule has 0 unspecified atom stereocenters. The van der Waals surface area contributed by atoms with Crippen molar-refractivity contribution in [2.45, 2.75) is 142 Å². The van der Waals surface area contributed by atoms with Crippen molar-refractivity contribution in [3.63, 3.8) is 0 Å². The zero-order valence-electron chi connectivity index (χ0n) is 54.6. The first-order chi connectivity index (χ1) is 46.4. The highest BCUT2D eigenvalue weighted by atomic mass is 32.3. The van der Waals surface area contributed by atoms with E-state index in [0.717, 1.165) is 41.3 Å². The third-order valence-electron chi connectivity index (χ3n) is 17.3. The van der Waals surface area contributed by atoms with E-state index in [-0.39, 0.29) is 106 Å². The van der Waals surface area contributed by atoms with Crippen LogP contribution in [0.1, 0.15) is 147 Å². The molecule has 0 radical (unpaired) electrons. The molecule has 9 rings (SSSR count). The van der Waals surface area contributed by atoms with Crippen molar-refractivity contribution in [3.05, 3.63) is 166 Å². The number of allylic oxidation sites excluding steroid dienone is 6. The third-order valence-corrected chi connectivity index (χ3v) is 22.9. The van der Waals surface area contributed by atoms with Gasteiger partial charge in [-0.15, -0.1) is 10.2 Å². The first-order valence-electron chi connectivity index (χ1n) is 31.5. The van der Waals surface area contributed by atoms with Gasteiger partial charge in [-0.05, 0) is 134 Å². The van der Waals surface area contributed by atoms with Gasteiger partial charge >= 0.3 is 0 Å². The fourth-order valence-corrected chi connectivity index (χ4v) is 16.3. The van der Waals surface area contributed by atoms with Gasteiger partial charge in [0, 0.05) is 103 Å². The minimum Gasteiger partial charge on any atom is -0.352 e. The molecule has 2 aliphatic heterocycles. The lowest BCUT2D eigenvalue weighted by Gasteiger charge is -2.27. The first-order valence-corrected chi connectivity index (χ1v) is 39.8. The summed E-state index contributed by atoms with van der Waals surface area (Å²) >= 11 is 0.712. The number of nitrogens with one attached hydrogen (secondary N) is 2. The Balaban J connectivity index is 0.933. The third kappa shape index (κ3) is 17.9. The fraction of sp³-hybridized carbons (Fsp3) is 0.343. The number of nitrogens with two attached hydrogens (primary N) is 1. The van der Waals surface area contributed by atoms with Gasteiger partial charge in [0.25, 0.3) is 56.4 Å². The summed E-state index contributed by atoms with van der Waals surface area (Å²) in [5.41, 5.74) is 3.76. The van der Waals surface area contributed by atoms with Crippen molar-refractivity contribution in [3.8, 4) is 0 Å². The lowest BCUT2D eigenvalue weighted by Crippen LogP contribution is -2.28. The summed E-state index contributed by atoms with van der Waals surface area (Å²) < 4.78 is 166. The largest absolute Gasteiger partial charge is 0.352 e. The molecule has 0 atom stereocenters. The Bertz CT molecular complexity index is 5120. The number of nitrogens with zero attached hydrogens (tertiary/aromatic N) is 5. The van der Waals surface area contributed by atoms with Gasteiger partial charge < -0.3 is 15.5 Å². The summed E-state index contributed by atoms with van der Waals surface area (Å²) in [6.45, 7) is 10.5. The minimum absolute atomic E-state index is 0.0285. The van der Waals surface area contributed by atoms with Crippen LogP contribution >= 0.6 is 11.3 Å². The number of sulfonamides is 1. The second-order valence-electron chi connectivity index (χ2n) is 25.2. The molecule has 526 valence electrons. The number of anilines is 1. The van der Waals surface area contributed by atoms with Crippen LogP contribution in [0.3, 0.4) is 0 Å². The molecule has 0 spiro atoms. The summed E-state index contributed by atoms with van der Waals surface area (Å²) in [6, 6.07) is 22.9. The number of ketones is 2. The smallest absolute Gasteiger partial charge is 0.295 e. The molecule has 4 heterocycles. The van der Waals surface area contributed by atoms with Gasteiger partial charge in [0.1, 0.15) is 22.2 Å². The highest BCUT2D eigenvalue weighted by Crippen LogP contribution is 2.52. The van der Waals surface area contributed by atoms with E-state index in [1.165, 1.54) is 30.5 Å². The van der Waals surface area contributed by atoms with E-state index >= 15 is 0 Å². The molecule has 0 saturated heterocycles. The maximum absolute atomic E-state index is 13.7.